The molecule has 10 nitrogen and oxygen atoms in total. The lowest BCUT2D eigenvalue weighted by atomic mass is 9.95. The number of methoxy groups -OCH3 is 1. The Kier molecular flexibility index (Phi) is 8.13. The monoisotopic (exact) mass is 481 g/mol. The second kappa shape index (κ2) is 10.8. The molecular weight excluding hydrogens is 454 g/mol. The van der Waals surface area contributed by atoms with Crippen LogP contribution in [-0.2, 0) is 31.9 Å². The van der Waals surface area contributed by atoms with Crippen molar-refractivity contribution in [3.05, 3.63) is 16.0 Å². The molecule has 2 aromatic heterocycles. The van der Waals surface area contributed by atoms with Gasteiger partial charge in [0, 0.05) is 4.88 Å². The van der Waals surface area contributed by atoms with Gasteiger partial charge in [-0.05, 0) is 44.6 Å². The minimum Gasteiger partial charge on any atom is -0.468 e. The highest BCUT2D eigenvalue weighted by Crippen LogP contribution is 2.39. The summed E-state index contributed by atoms with van der Waals surface area (Å²) in [6.45, 7) is 3.85. The number of thioether (sulfide) groups is 1. The molecule has 0 fully saturated rings. The maximum atomic E-state index is 13.3. The van der Waals surface area contributed by atoms with Crippen molar-refractivity contribution in [3.63, 3.8) is 0 Å². The summed E-state index contributed by atoms with van der Waals surface area (Å²) in [5.74, 6) is -1.12. The van der Waals surface area contributed by atoms with Crippen LogP contribution in [0.5, 0.6) is 0 Å². The van der Waals surface area contributed by atoms with Crippen molar-refractivity contribution in [1.82, 2.24) is 14.8 Å². The SMILES string of the molecule is CCOC(=O)c1c(NC(=O)C(CC)n2c(N)nnc2SCC(=O)OC)sc2c1CCCC2. The molecule has 1 amide bonds. The van der Waals surface area contributed by atoms with Crippen LogP contribution >= 0.6 is 23.1 Å². The fraction of sp³-hybridized carbons (Fsp3) is 0.550. The van der Waals surface area contributed by atoms with Gasteiger partial charge in [0.25, 0.3) is 0 Å². The fourth-order valence-corrected chi connectivity index (χ4v) is 5.72. The number of amides is 1. The Morgan fingerprint density at radius 2 is 2.00 bits per heavy atom. The van der Waals surface area contributed by atoms with Gasteiger partial charge in [-0.25, -0.2) is 4.79 Å². The highest BCUT2D eigenvalue weighted by molar-refractivity contribution is 7.99. The molecular formula is C20H27N5O5S2. The predicted octanol–water partition coefficient (Wildman–Crippen LogP) is 2.83. The molecule has 174 valence electrons. The van der Waals surface area contributed by atoms with Gasteiger partial charge < -0.3 is 20.5 Å². The van der Waals surface area contributed by atoms with Gasteiger partial charge in [-0.15, -0.1) is 21.5 Å². The number of fused-ring (bicyclic) bond motifs is 1. The second-order valence-corrected chi connectivity index (χ2v) is 9.17. The number of hydrogen-bond acceptors (Lipinski definition) is 10. The number of nitrogen functional groups attached to an aromatic ring is 1. The molecule has 0 aliphatic heterocycles. The zero-order valence-corrected chi connectivity index (χ0v) is 19.9. The molecule has 1 atom stereocenters. The second-order valence-electron chi connectivity index (χ2n) is 7.12. The summed E-state index contributed by atoms with van der Waals surface area (Å²) in [5, 5.41) is 11.6. The molecule has 0 saturated carbocycles. The number of ether oxygens (including phenoxy) is 2. The minimum atomic E-state index is -0.723. The number of aromatic nitrogens is 3. The van der Waals surface area contributed by atoms with Crippen LogP contribution in [-0.4, -0.2) is 52.1 Å². The Morgan fingerprint density at radius 3 is 2.69 bits per heavy atom. The van der Waals surface area contributed by atoms with Gasteiger partial charge in [-0.1, -0.05) is 18.7 Å². The van der Waals surface area contributed by atoms with Crippen LogP contribution in [0.1, 0.15) is 60.0 Å². The molecule has 0 spiro atoms. The van der Waals surface area contributed by atoms with Crippen LogP contribution < -0.4 is 11.1 Å². The zero-order valence-electron chi connectivity index (χ0n) is 18.3. The maximum absolute atomic E-state index is 13.3. The Hall–Kier alpha value is -2.60. The lowest BCUT2D eigenvalue weighted by Gasteiger charge is -2.19. The number of nitrogens with one attached hydrogen (secondary N) is 1. The summed E-state index contributed by atoms with van der Waals surface area (Å²) in [4.78, 5) is 38.6. The molecule has 0 saturated heterocycles. The number of rotatable bonds is 9. The van der Waals surface area contributed by atoms with Gasteiger partial charge in [0.2, 0.25) is 11.9 Å². The lowest BCUT2D eigenvalue weighted by Crippen LogP contribution is -2.27. The normalized spacial score (nSPS) is 13.8. The van der Waals surface area contributed by atoms with Gasteiger partial charge in [0.1, 0.15) is 11.0 Å². The first-order valence-corrected chi connectivity index (χ1v) is 12.2. The van der Waals surface area contributed by atoms with E-state index in [9.17, 15) is 14.4 Å². The number of carbonyl (C=O) groups excluding carboxylic acids is 3. The molecule has 1 aliphatic carbocycles. The molecule has 0 bridgehead atoms. The molecule has 0 radical (unpaired) electrons. The third-order valence-electron chi connectivity index (χ3n) is 5.13. The molecule has 2 heterocycles. The van der Waals surface area contributed by atoms with Crippen LogP contribution in [0, 0.1) is 0 Å². The van der Waals surface area contributed by atoms with E-state index in [-0.39, 0.29) is 24.2 Å². The number of esters is 2. The molecule has 12 heteroatoms. The summed E-state index contributed by atoms with van der Waals surface area (Å²) < 4.78 is 11.4. The zero-order chi connectivity index (χ0) is 23.3. The average Bonchev–Trinajstić information content (AvgIpc) is 3.33. The van der Waals surface area contributed by atoms with Crippen molar-refractivity contribution < 1.29 is 23.9 Å². The quantitative estimate of drug-likeness (QED) is 0.409. The van der Waals surface area contributed by atoms with E-state index in [1.165, 1.54) is 23.0 Å². The Labute approximate surface area is 194 Å². The number of nitrogens with two attached hydrogens (primary N) is 1. The molecule has 32 heavy (non-hydrogen) atoms. The fourth-order valence-electron chi connectivity index (χ4n) is 3.62. The summed E-state index contributed by atoms with van der Waals surface area (Å²) in [5.41, 5.74) is 7.42. The molecule has 1 unspecified atom stereocenters. The minimum absolute atomic E-state index is 0.0112. The Morgan fingerprint density at radius 1 is 1.25 bits per heavy atom. The van der Waals surface area contributed by atoms with Gasteiger partial charge in [-0.2, -0.15) is 0 Å². The van der Waals surface area contributed by atoms with Crippen molar-refractivity contribution in [2.45, 2.75) is 57.1 Å². The van der Waals surface area contributed by atoms with E-state index in [0.29, 0.717) is 22.1 Å². The van der Waals surface area contributed by atoms with Crippen LogP contribution in [0.25, 0.3) is 0 Å². The smallest absolute Gasteiger partial charge is 0.341 e. The van der Waals surface area contributed by atoms with Crippen molar-refractivity contribution in [2.75, 3.05) is 30.5 Å². The third-order valence-corrected chi connectivity index (χ3v) is 7.25. The van der Waals surface area contributed by atoms with Gasteiger partial charge in [0.05, 0.1) is 25.0 Å². The van der Waals surface area contributed by atoms with Gasteiger partial charge >= 0.3 is 11.9 Å². The van der Waals surface area contributed by atoms with E-state index in [1.807, 2.05) is 6.92 Å². The lowest BCUT2D eigenvalue weighted by molar-refractivity contribution is -0.137. The predicted molar refractivity (Wildman–Crippen MR) is 122 cm³/mol. The van der Waals surface area contributed by atoms with E-state index >= 15 is 0 Å². The summed E-state index contributed by atoms with van der Waals surface area (Å²) in [7, 11) is 1.30. The van der Waals surface area contributed by atoms with E-state index < -0.39 is 18.0 Å². The van der Waals surface area contributed by atoms with E-state index in [1.54, 1.807) is 6.92 Å². The highest BCUT2D eigenvalue weighted by Gasteiger charge is 2.30. The first kappa shape index (κ1) is 24.1. The molecule has 2 aromatic rings. The molecule has 3 N–H and O–H groups in total. The van der Waals surface area contributed by atoms with Gasteiger partial charge in [0.15, 0.2) is 5.16 Å². The van der Waals surface area contributed by atoms with Crippen LogP contribution in [0.3, 0.4) is 0 Å². The molecule has 0 aromatic carbocycles. The van der Waals surface area contributed by atoms with Crippen molar-refractivity contribution in [1.29, 1.82) is 0 Å². The van der Waals surface area contributed by atoms with E-state index in [0.717, 1.165) is 47.9 Å². The third kappa shape index (κ3) is 5.07. The maximum Gasteiger partial charge on any atom is 0.341 e. The number of carbonyl (C=O) groups is 3. The largest absolute Gasteiger partial charge is 0.468 e. The highest BCUT2D eigenvalue weighted by atomic mass is 32.2. The van der Waals surface area contributed by atoms with E-state index in [2.05, 4.69) is 20.3 Å². The Bertz CT molecular complexity index is 1000. The molecule has 3 rings (SSSR count). The first-order chi connectivity index (χ1) is 15.4. The number of aryl methyl sites for hydroxylation is 1. The van der Waals surface area contributed by atoms with Crippen molar-refractivity contribution >= 4 is 51.9 Å². The van der Waals surface area contributed by atoms with Gasteiger partial charge in [-0.3, -0.25) is 14.2 Å². The molecule has 1 aliphatic rings. The number of anilines is 2. The summed E-state index contributed by atoms with van der Waals surface area (Å²) >= 11 is 2.51. The van der Waals surface area contributed by atoms with Crippen LogP contribution in [0.15, 0.2) is 5.16 Å². The number of nitrogens with zero attached hydrogens (tertiary/aromatic N) is 3. The number of hydrogen-bond donors (Lipinski definition) is 2. The van der Waals surface area contributed by atoms with Crippen LogP contribution in [0.4, 0.5) is 10.9 Å². The van der Waals surface area contributed by atoms with Crippen LogP contribution in [0.2, 0.25) is 0 Å². The van der Waals surface area contributed by atoms with Crippen molar-refractivity contribution in [3.8, 4) is 0 Å². The summed E-state index contributed by atoms with van der Waals surface area (Å²) in [6, 6.07) is -0.723. The first-order valence-electron chi connectivity index (χ1n) is 10.4. The topological polar surface area (TPSA) is 138 Å². The van der Waals surface area contributed by atoms with Crippen molar-refractivity contribution in [2.24, 2.45) is 0 Å². The Balaban J connectivity index is 1.88. The standard InChI is InChI=1S/C20H27N5O5S2/c1-4-12(25-19(21)23-24-20(25)31-10-14(26)29-3)16(27)22-17-15(18(28)30-5-2)11-8-6-7-9-13(11)32-17/h12H,4-10H2,1-3H3,(H2,21,23)(H,22,27). The summed E-state index contributed by atoms with van der Waals surface area (Å²) in [6.07, 6.45) is 4.13. The number of thiophene rings is 1. The average molecular weight is 482 g/mol. The van der Waals surface area contributed by atoms with E-state index in [4.69, 9.17) is 10.5 Å².